The van der Waals surface area contributed by atoms with Crippen molar-refractivity contribution in [1.29, 1.82) is 0 Å². The number of hydrogen-bond acceptors (Lipinski definition) is 10. The van der Waals surface area contributed by atoms with E-state index in [9.17, 15) is 24.3 Å². The predicted molar refractivity (Wildman–Crippen MR) is 146 cm³/mol. The average molecular weight is 580 g/mol. The zero-order valence-corrected chi connectivity index (χ0v) is 22.2. The Kier molecular flexibility index (Phi) is 6.18. The second kappa shape index (κ2) is 9.94. The van der Waals surface area contributed by atoms with E-state index >= 15 is 4.39 Å². The number of carbonyl (C=O) groups is 3. The lowest BCUT2D eigenvalue weighted by molar-refractivity contribution is -0.118. The molecule has 15 heteroatoms. The quantitative estimate of drug-likeness (QED) is 0.371. The van der Waals surface area contributed by atoms with Crippen LogP contribution in [0.3, 0.4) is 0 Å². The fourth-order valence-electron chi connectivity index (χ4n) is 5.58. The summed E-state index contributed by atoms with van der Waals surface area (Å²) in [6, 6.07) is 4.34. The van der Waals surface area contributed by atoms with Crippen LogP contribution < -0.4 is 30.6 Å². The van der Waals surface area contributed by atoms with Crippen molar-refractivity contribution in [2.75, 3.05) is 47.9 Å². The van der Waals surface area contributed by atoms with Crippen molar-refractivity contribution in [1.82, 2.24) is 19.9 Å². The zero-order valence-electron chi connectivity index (χ0n) is 22.2. The monoisotopic (exact) mass is 579 g/mol. The topological polar surface area (TPSA) is 168 Å². The van der Waals surface area contributed by atoms with Crippen LogP contribution >= 0.6 is 0 Å². The van der Waals surface area contributed by atoms with E-state index in [1.807, 2.05) is 0 Å². The SMILES string of the molecule is O=C1COc2ccc(N3C[C@H](CNC4CCN(c5nc6c(cc5F)c(=O)c(C(=O)O)cn6C5CC5)C4)OC3=O)nc2N1. The number of pyridine rings is 3. The molecule has 3 fully saturated rings. The molecule has 6 heterocycles. The number of hydrogen-bond donors (Lipinski definition) is 3. The van der Waals surface area contributed by atoms with Crippen molar-refractivity contribution >= 4 is 46.5 Å². The van der Waals surface area contributed by atoms with Crippen molar-refractivity contribution in [2.45, 2.75) is 37.5 Å². The smallest absolute Gasteiger partial charge is 0.416 e. The molecule has 42 heavy (non-hydrogen) atoms. The highest BCUT2D eigenvalue weighted by Crippen LogP contribution is 2.37. The van der Waals surface area contributed by atoms with Crippen LogP contribution in [-0.2, 0) is 9.53 Å². The number of aromatic nitrogens is 3. The van der Waals surface area contributed by atoms with Gasteiger partial charge in [0.05, 0.1) is 11.9 Å². The number of ether oxygens (including phenoxy) is 2. The van der Waals surface area contributed by atoms with Crippen molar-refractivity contribution < 1.29 is 33.4 Å². The van der Waals surface area contributed by atoms with E-state index in [0.717, 1.165) is 18.9 Å². The van der Waals surface area contributed by atoms with E-state index in [0.29, 0.717) is 37.6 Å². The summed E-state index contributed by atoms with van der Waals surface area (Å²) in [5.41, 5.74) is -0.875. The van der Waals surface area contributed by atoms with Crippen molar-refractivity contribution in [3.63, 3.8) is 0 Å². The van der Waals surface area contributed by atoms with E-state index < -0.39 is 35.0 Å². The van der Waals surface area contributed by atoms with Gasteiger partial charge in [0.25, 0.3) is 5.91 Å². The largest absolute Gasteiger partial charge is 0.480 e. The molecule has 2 saturated heterocycles. The van der Waals surface area contributed by atoms with Crippen LogP contribution in [0, 0.1) is 5.82 Å². The van der Waals surface area contributed by atoms with Crippen LogP contribution in [0.25, 0.3) is 11.0 Å². The van der Waals surface area contributed by atoms with E-state index in [-0.39, 0.29) is 53.8 Å². The Morgan fingerprint density at radius 3 is 2.79 bits per heavy atom. The molecule has 218 valence electrons. The minimum absolute atomic E-state index is 0.0299. The number of fused-ring (bicyclic) bond motifs is 2. The second-order valence-electron chi connectivity index (χ2n) is 10.8. The number of amides is 2. The molecule has 3 aromatic heterocycles. The van der Waals surface area contributed by atoms with Gasteiger partial charge in [-0.3, -0.25) is 14.5 Å². The first-order valence-electron chi connectivity index (χ1n) is 13.6. The van der Waals surface area contributed by atoms with Crippen LogP contribution in [0.1, 0.15) is 35.7 Å². The molecular weight excluding hydrogens is 553 g/mol. The summed E-state index contributed by atoms with van der Waals surface area (Å²) in [6.45, 7) is 1.47. The van der Waals surface area contributed by atoms with Crippen LogP contribution in [0.5, 0.6) is 5.75 Å². The molecule has 14 nitrogen and oxygen atoms in total. The fraction of sp³-hybridized carbons (Fsp3) is 0.407. The first-order chi connectivity index (χ1) is 20.2. The maximum Gasteiger partial charge on any atom is 0.416 e. The molecular formula is C27H26FN7O7. The number of cyclic esters (lactones) is 1. The van der Waals surface area contributed by atoms with Gasteiger partial charge in [0.2, 0.25) is 5.43 Å². The second-order valence-corrected chi connectivity index (χ2v) is 10.8. The van der Waals surface area contributed by atoms with Gasteiger partial charge < -0.3 is 34.7 Å². The number of halogens is 1. The molecule has 4 aliphatic rings. The fourth-order valence-corrected chi connectivity index (χ4v) is 5.58. The van der Waals surface area contributed by atoms with Crippen molar-refractivity contribution in [3.05, 3.63) is 46.0 Å². The molecule has 0 aromatic carbocycles. The van der Waals surface area contributed by atoms with Crippen molar-refractivity contribution in [3.8, 4) is 5.75 Å². The highest BCUT2D eigenvalue weighted by molar-refractivity contribution is 5.95. The van der Waals surface area contributed by atoms with E-state index in [1.54, 1.807) is 21.6 Å². The third-order valence-corrected chi connectivity index (χ3v) is 7.84. The summed E-state index contributed by atoms with van der Waals surface area (Å²) in [6.07, 6.45) is 2.64. The summed E-state index contributed by atoms with van der Waals surface area (Å²) in [7, 11) is 0. The number of carboxylic acids is 1. The van der Waals surface area contributed by atoms with Crippen LogP contribution in [0.4, 0.5) is 26.6 Å². The third-order valence-electron chi connectivity index (χ3n) is 7.84. The number of carboxylic acid groups (broad SMARTS) is 1. The number of aromatic carboxylic acids is 1. The molecule has 1 aliphatic carbocycles. The first-order valence-corrected chi connectivity index (χ1v) is 13.6. The maximum absolute atomic E-state index is 15.2. The minimum atomic E-state index is -1.35. The Bertz CT molecular complexity index is 1710. The lowest BCUT2D eigenvalue weighted by Crippen LogP contribution is -2.39. The Morgan fingerprint density at radius 1 is 1.17 bits per heavy atom. The van der Waals surface area contributed by atoms with Gasteiger partial charge in [-0.05, 0) is 37.5 Å². The lowest BCUT2D eigenvalue weighted by Gasteiger charge is -2.21. The van der Waals surface area contributed by atoms with Crippen LogP contribution in [0.2, 0.25) is 0 Å². The lowest BCUT2D eigenvalue weighted by atomic mass is 10.2. The first kappa shape index (κ1) is 26.1. The summed E-state index contributed by atoms with van der Waals surface area (Å²) in [4.78, 5) is 60.5. The molecule has 0 bridgehead atoms. The molecule has 0 spiro atoms. The molecule has 1 saturated carbocycles. The molecule has 7 rings (SSSR count). The standard InChI is InChI=1S/C27H26FN7O7/c28-18-7-16-22(37)17(26(38)39)11-34(14-1-2-14)24(16)32-25(18)33-6-5-13(9-33)29-8-15-10-35(27(40)42-15)20-4-3-19-23(30-20)31-21(36)12-41-19/h3-4,7,11,13-15,29H,1-2,5-6,8-10,12H2,(H,38,39)(H,30,31,36)/t13?,15-/m0/s1. The summed E-state index contributed by atoms with van der Waals surface area (Å²) < 4.78 is 27.8. The molecule has 3 aromatic rings. The number of carbonyl (C=O) groups excluding carboxylic acids is 2. The van der Waals surface area contributed by atoms with Crippen LogP contribution in [-0.4, -0.2) is 82.5 Å². The van der Waals surface area contributed by atoms with E-state index in [1.165, 1.54) is 11.1 Å². The van der Waals surface area contributed by atoms with Gasteiger partial charge in [-0.1, -0.05) is 0 Å². The van der Waals surface area contributed by atoms with Crippen LogP contribution in [0.15, 0.2) is 29.2 Å². The molecule has 2 amide bonds. The molecule has 2 atom stereocenters. The minimum Gasteiger partial charge on any atom is -0.480 e. The summed E-state index contributed by atoms with van der Waals surface area (Å²) in [5.74, 6) is -1.26. The molecule has 0 radical (unpaired) electrons. The summed E-state index contributed by atoms with van der Waals surface area (Å²) in [5, 5.41) is 15.4. The number of anilines is 3. The Hall–Kier alpha value is -4.79. The zero-order chi connectivity index (χ0) is 29.1. The van der Waals surface area contributed by atoms with Crippen molar-refractivity contribution in [2.24, 2.45) is 0 Å². The third kappa shape index (κ3) is 4.64. The maximum atomic E-state index is 15.2. The van der Waals surface area contributed by atoms with Gasteiger partial charge in [0.15, 0.2) is 29.8 Å². The number of nitrogens with one attached hydrogen (secondary N) is 2. The van der Waals surface area contributed by atoms with Gasteiger partial charge >= 0.3 is 12.1 Å². The van der Waals surface area contributed by atoms with Gasteiger partial charge in [0, 0.05) is 37.9 Å². The Labute approximate surface area is 237 Å². The van der Waals surface area contributed by atoms with E-state index in [2.05, 4.69) is 20.6 Å². The Morgan fingerprint density at radius 2 is 2.00 bits per heavy atom. The number of nitrogens with zero attached hydrogens (tertiary/aromatic N) is 5. The molecule has 3 aliphatic heterocycles. The van der Waals surface area contributed by atoms with Gasteiger partial charge in [0.1, 0.15) is 23.1 Å². The molecule has 3 N–H and O–H groups in total. The average Bonchev–Trinajstić information content (AvgIpc) is 3.58. The van der Waals surface area contributed by atoms with Gasteiger partial charge in [-0.15, -0.1) is 0 Å². The highest BCUT2D eigenvalue weighted by atomic mass is 19.1. The normalized spacial score (nSPS) is 21.7. The number of rotatable bonds is 7. The predicted octanol–water partition coefficient (Wildman–Crippen LogP) is 1.49. The van der Waals surface area contributed by atoms with Gasteiger partial charge in [-0.25, -0.2) is 23.9 Å². The van der Waals surface area contributed by atoms with Gasteiger partial charge in [-0.2, -0.15) is 0 Å². The highest BCUT2D eigenvalue weighted by Gasteiger charge is 2.35. The summed E-state index contributed by atoms with van der Waals surface area (Å²) >= 11 is 0. The molecule has 1 unspecified atom stereocenters. The van der Waals surface area contributed by atoms with E-state index in [4.69, 9.17) is 9.47 Å². The Balaban J connectivity index is 1.02.